The summed E-state index contributed by atoms with van der Waals surface area (Å²) in [5.74, 6) is 0. The Labute approximate surface area is 126 Å². The Balaban J connectivity index is 2.00. The zero-order valence-electron chi connectivity index (χ0n) is 11.0. The molecule has 0 aliphatic rings. The van der Waals surface area contributed by atoms with Crippen molar-refractivity contribution in [1.82, 2.24) is 4.98 Å². The zero-order chi connectivity index (χ0) is 14.1. The Kier molecular flexibility index (Phi) is 3.74. The number of aliphatic hydroxyl groups excluding tert-OH is 1. The normalized spacial score (nSPS) is 12.8. The third-order valence-electron chi connectivity index (χ3n) is 3.26. The number of aliphatic hydroxyl groups is 1. The molecule has 102 valence electrons. The molecule has 2 aromatic heterocycles. The molecule has 0 bridgehead atoms. The highest BCUT2D eigenvalue weighted by molar-refractivity contribution is 7.16. The lowest BCUT2D eigenvalue weighted by atomic mass is 10.0. The highest BCUT2D eigenvalue weighted by Crippen LogP contribution is 2.30. The second kappa shape index (κ2) is 5.52. The van der Waals surface area contributed by atoms with Gasteiger partial charge in [-0.25, -0.2) is 0 Å². The van der Waals surface area contributed by atoms with Crippen LogP contribution in [0.15, 0.2) is 42.5 Å². The van der Waals surface area contributed by atoms with Crippen molar-refractivity contribution in [3.05, 3.63) is 62.9 Å². The molecule has 0 radical (unpaired) electrons. The predicted molar refractivity (Wildman–Crippen MR) is 84.5 cm³/mol. The van der Waals surface area contributed by atoms with Crippen LogP contribution in [0.2, 0.25) is 4.34 Å². The molecule has 1 aromatic carbocycles. The average molecular weight is 304 g/mol. The largest absolute Gasteiger partial charge is 0.388 e. The maximum atomic E-state index is 10.5. The molecular formula is C16H14ClNOS. The minimum absolute atomic E-state index is 0.545. The number of para-hydroxylation sites is 1. The van der Waals surface area contributed by atoms with Crippen molar-refractivity contribution < 1.29 is 5.11 Å². The maximum absolute atomic E-state index is 10.5. The van der Waals surface area contributed by atoms with Crippen molar-refractivity contribution in [3.8, 4) is 0 Å². The Morgan fingerprint density at radius 1 is 1.25 bits per heavy atom. The number of thiophene rings is 1. The van der Waals surface area contributed by atoms with E-state index in [9.17, 15) is 5.11 Å². The summed E-state index contributed by atoms with van der Waals surface area (Å²) in [4.78, 5) is 5.58. The number of pyridine rings is 1. The van der Waals surface area contributed by atoms with E-state index in [2.05, 4.69) is 4.98 Å². The number of aryl methyl sites for hydroxylation is 1. The standard InChI is InChI=1S/C16H14ClNOS/c1-10-8-13(12-4-2-3-5-14(12)18-10)15(19)9-11-6-7-16(17)20-11/h2-8,15,19H,9H2,1H3. The van der Waals surface area contributed by atoms with Gasteiger partial charge in [0.25, 0.3) is 0 Å². The van der Waals surface area contributed by atoms with Gasteiger partial charge in [-0.2, -0.15) is 0 Å². The van der Waals surface area contributed by atoms with Gasteiger partial charge in [0.2, 0.25) is 0 Å². The fourth-order valence-electron chi connectivity index (χ4n) is 2.38. The van der Waals surface area contributed by atoms with Gasteiger partial charge in [-0.15, -0.1) is 11.3 Å². The highest BCUT2D eigenvalue weighted by Gasteiger charge is 2.14. The van der Waals surface area contributed by atoms with Crippen molar-refractivity contribution in [3.63, 3.8) is 0 Å². The predicted octanol–water partition coefficient (Wildman–Crippen LogP) is 4.53. The van der Waals surface area contributed by atoms with Crippen molar-refractivity contribution >= 4 is 33.8 Å². The van der Waals surface area contributed by atoms with Crippen LogP contribution >= 0.6 is 22.9 Å². The summed E-state index contributed by atoms with van der Waals surface area (Å²) >= 11 is 7.45. The topological polar surface area (TPSA) is 33.1 Å². The van der Waals surface area contributed by atoms with Crippen LogP contribution in [0.4, 0.5) is 0 Å². The fraction of sp³-hybridized carbons (Fsp3) is 0.188. The van der Waals surface area contributed by atoms with Crippen LogP contribution in [0.1, 0.15) is 22.2 Å². The van der Waals surface area contributed by atoms with E-state index in [0.29, 0.717) is 6.42 Å². The molecule has 0 spiro atoms. The molecule has 1 N–H and O–H groups in total. The molecule has 0 aliphatic heterocycles. The smallest absolute Gasteiger partial charge is 0.0931 e. The van der Waals surface area contributed by atoms with E-state index in [1.807, 2.05) is 49.4 Å². The summed E-state index contributed by atoms with van der Waals surface area (Å²) < 4.78 is 0.753. The molecule has 1 unspecified atom stereocenters. The van der Waals surface area contributed by atoms with Gasteiger partial charge in [0.15, 0.2) is 0 Å². The van der Waals surface area contributed by atoms with Gasteiger partial charge in [-0.3, -0.25) is 4.98 Å². The minimum atomic E-state index is -0.545. The van der Waals surface area contributed by atoms with Crippen LogP contribution in [-0.2, 0) is 6.42 Å². The summed E-state index contributed by atoms with van der Waals surface area (Å²) in [6, 6.07) is 13.7. The van der Waals surface area contributed by atoms with E-state index in [4.69, 9.17) is 11.6 Å². The summed E-state index contributed by atoms with van der Waals surface area (Å²) in [5, 5.41) is 11.5. The molecule has 0 fully saturated rings. The van der Waals surface area contributed by atoms with E-state index < -0.39 is 6.10 Å². The van der Waals surface area contributed by atoms with Gasteiger partial charge < -0.3 is 5.11 Å². The molecule has 3 aromatic rings. The van der Waals surface area contributed by atoms with Gasteiger partial charge in [0, 0.05) is 22.4 Å². The first kappa shape index (κ1) is 13.6. The SMILES string of the molecule is Cc1cc(C(O)Cc2ccc(Cl)s2)c2ccccc2n1. The third kappa shape index (κ3) is 2.70. The van der Waals surface area contributed by atoms with E-state index >= 15 is 0 Å². The van der Waals surface area contributed by atoms with E-state index in [-0.39, 0.29) is 0 Å². The van der Waals surface area contributed by atoms with Crippen molar-refractivity contribution in [2.24, 2.45) is 0 Å². The van der Waals surface area contributed by atoms with Crippen molar-refractivity contribution in [2.75, 3.05) is 0 Å². The first-order valence-electron chi connectivity index (χ1n) is 6.42. The van der Waals surface area contributed by atoms with Crippen LogP contribution in [0, 0.1) is 6.92 Å². The number of rotatable bonds is 3. The summed E-state index contributed by atoms with van der Waals surface area (Å²) in [7, 11) is 0. The Hall–Kier alpha value is -1.42. The lowest BCUT2D eigenvalue weighted by molar-refractivity contribution is 0.181. The number of benzene rings is 1. The molecular weight excluding hydrogens is 290 g/mol. The third-order valence-corrected chi connectivity index (χ3v) is 4.51. The van der Waals surface area contributed by atoms with Gasteiger partial charge in [0.05, 0.1) is 16.0 Å². The molecule has 1 atom stereocenters. The number of nitrogens with zero attached hydrogens (tertiary/aromatic N) is 1. The molecule has 20 heavy (non-hydrogen) atoms. The number of aromatic nitrogens is 1. The van der Waals surface area contributed by atoms with Crippen LogP contribution in [-0.4, -0.2) is 10.1 Å². The van der Waals surface area contributed by atoms with Crippen molar-refractivity contribution in [1.29, 1.82) is 0 Å². The van der Waals surface area contributed by atoms with E-state index in [0.717, 1.165) is 31.4 Å². The van der Waals surface area contributed by atoms with Gasteiger partial charge in [-0.1, -0.05) is 29.8 Å². The minimum Gasteiger partial charge on any atom is -0.388 e. The van der Waals surface area contributed by atoms with Gasteiger partial charge >= 0.3 is 0 Å². The first-order valence-corrected chi connectivity index (χ1v) is 7.61. The van der Waals surface area contributed by atoms with Crippen molar-refractivity contribution in [2.45, 2.75) is 19.4 Å². The van der Waals surface area contributed by atoms with Crippen LogP contribution in [0.5, 0.6) is 0 Å². The summed E-state index contributed by atoms with van der Waals surface area (Å²) in [5.41, 5.74) is 2.77. The number of hydrogen-bond acceptors (Lipinski definition) is 3. The lowest BCUT2D eigenvalue weighted by Crippen LogP contribution is -2.03. The Bertz CT molecular complexity index is 753. The van der Waals surface area contributed by atoms with Crippen LogP contribution < -0.4 is 0 Å². The molecule has 0 saturated heterocycles. The number of hydrogen-bond donors (Lipinski definition) is 1. The quantitative estimate of drug-likeness (QED) is 0.771. The van der Waals surface area contributed by atoms with Gasteiger partial charge in [0.1, 0.15) is 0 Å². The highest BCUT2D eigenvalue weighted by atomic mass is 35.5. The second-order valence-corrected chi connectivity index (χ2v) is 6.60. The number of fused-ring (bicyclic) bond motifs is 1. The molecule has 0 saturated carbocycles. The van der Waals surface area contributed by atoms with Crippen LogP contribution in [0.25, 0.3) is 10.9 Å². The summed E-state index contributed by atoms with van der Waals surface area (Å²) in [6.07, 6.45) is 0.0292. The maximum Gasteiger partial charge on any atom is 0.0931 e. The molecule has 0 amide bonds. The Morgan fingerprint density at radius 3 is 2.80 bits per heavy atom. The Morgan fingerprint density at radius 2 is 2.05 bits per heavy atom. The average Bonchev–Trinajstić information content (AvgIpc) is 2.83. The molecule has 3 rings (SSSR count). The number of halogens is 1. The van der Waals surface area contributed by atoms with E-state index in [1.54, 1.807) is 0 Å². The monoisotopic (exact) mass is 303 g/mol. The molecule has 2 heterocycles. The fourth-order valence-corrected chi connectivity index (χ4v) is 3.50. The molecule has 2 nitrogen and oxygen atoms in total. The molecule has 0 aliphatic carbocycles. The first-order chi connectivity index (χ1) is 9.63. The lowest BCUT2D eigenvalue weighted by Gasteiger charge is -2.13. The zero-order valence-corrected chi connectivity index (χ0v) is 12.6. The molecule has 4 heteroatoms. The summed E-state index contributed by atoms with van der Waals surface area (Å²) in [6.45, 7) is 1.95. The van der Waals surface area contributed by atoms with E-state index in [1.165, 1.54) is 11.3 Å². The van der Waals surface area contributed by atoms with Crippen LogP contribution in [0.3, 0.4) is 0 Å². The second-order valence-electron chi connectivity index (χ2n) is 4.80. The van der Waals surface area contributed by atoms with Gasteiger partial charge in [-0.05, 0) is 36.8 Å².